The first-order chi connectivity index (χ1) is 8.10. The monoisotopic (exact) mass is 223 g/mol. The van der Waals surface area contributed by atoms with Crippen molar-refractivity contribution >= 4 is 19.0 Å². The molecule has 0 amide bonds. The maximum Gasteiger partial charge on any atom is 0.163 e. The van der Waals surface area contributed by atoms with Crippen LogP contribution >= 0.6 is 0 Å². The summed E-state index contributed by atoms with van der Waals surface area (Å²) in [5, 5.41) is 0. The summed E-state index contributed by atoms with van der Waals surface area (Å²) in [6.45, 7) is 11.6. The second kappa shape index (κ2) is 6.04. The molecule has 1 aromatic rings. The Hall–Kier alpha value is -1.83. The molecule has 0 fully saturated rings. The number of hydrogen-bond acceptors (Lipinski definition) is 1. The van der Waals surface area contributed by atoms with Crippen LogP contribution in [0.15, 0.2) is 55.2 Å². The highest BCUT2D eigenvalue weighted by Crippen LogP contribution is 2.21. The van der Waals surface area contributed by atoms with Crippen LogP contribution in [-0.2, 0) is 0 Å². The van der Waals surface area contributed by atoms with E-state index in [2.05, 4.69) is 31.1 Å². The smallest absolute Gasteiger partial charge is 0.163 e. The van der Waals surface area contributed by atoms with Gasteiger partial charge in [0.15, 0.2) is 7.85 Å². The van der Waals surface area contributed by atoms with Gasteiger partial charge in [-0.3, -0.25) is 4.98 Å². The maximum atomic E-state index is 4.60. The van der Waals surface area contributed by atoms with Crippen LogP contribution in [0, 0.1) is 6.92 Å². The fraction of sp³-hybridized carbons (Fsp3) is 0.133. The van der Waals surface area contributed by atoms with Gasteiger partial charge in [-0.05, 0) is 30.6 Å². The number of aromatic nitrogens is 1. The van der Waals surface area contributed by atoms with Gasteiger partial charge in [-0.15, -0.1) is 0 Å². The average Bonchev–Trinajstić information content (AvgIpc) is 2.33. The normalized spacial score (nSPS) is 12.4. The van der Waals surface area contributed by atoms with E-state index in [1.165, 1.54) is 5.56 Å². The molecule has 1 aromatic heterocycles. The van der Waals surface area contributed by atoms with E-state index in [9.17, 15) is 0 Å². The van der Waals surface area contributed by atoms with Crippen LogP contribution in [-0.4, -0.2) is 12.8 Å². The summed E-state index contributed by atoms with van der Waals surface area (Å²) >= 11 is 0. The van der Waals surface area contributed by atoms with Gasteiger partial charge in [-0.1, -0.05) is 49.6 Å². The van der Waals surface area contributed by atoms with Crippen LogP contribution in [0.4, 0.5) is 0 Å². The van der Waals surface area contributed by atoms with E-state index in [-0.39, 0.29) is 0 Å². The molecule has 0 bridgehead atoms. The van der Waals surface area contributed by atoms with Crippen molar-refractivity contribution < 1.29 is 0 Å². The van der Waals surface area contributed by atoms with Crippen LogP contribution in [0.25, 0.3) is 5.57 Å². The van der Waals surface area contributed by atoms with Gasteiger partial charge in [-0.25, -0.2) is 0 Å². The highest BCUT2D eigenvalue weighted by atomic mass is 14.7. The van der Waals surface area contributed by atoms with Crippen molar-refractivity contribution in [1.82, 2.24) is 4.98 Å². The summed E-state index contributed by atoms with van der Waals surface area (Å²) in [5.41, 5.74) is 5.42. The van der Waals surface area contributed by atoms with E-state index in [1.807, 2.05) is 39.1 Å². The quantitative estimate of drug-likeness (QED) is 0.564. The standard InChI is InChI=1S/C15H18BN/c1-5-7-8-13(11(3)6-2)15-12(4)9-10-14(16)17-15/h5-10H,1-2,16H2,3-4H3/b8-7-,13-11-. The molecule has 0 aliphatic rings. The lowest BCUT2D eigenvalue weighted by atomic mass is 9.97. The molecule has 0 atom stereocenters. The summed E-state index contributed by atoms with van der Waals surface area (Å²) < 4.78 is 0. The van der Waals surface area contributed by atoms with Gasteiger partial charge in [0, 0.05) is 5.57 Å². The van der Waals surface area contributed by atoms with E-state index in [4.69, 9.17) is 0 Å². The van der Waals surface area contributed by atoms with Crippen molar-refractivity contribution in [1.29, 1.82) is 0 Å². The molecule has 0 saturated carbocycles. The number of hydrogen-bond donors (Lipinski definition) is 0. The molecule has 0 aromatic carbocycles. The lowest BCUT2D eigenvalue weighted by Gasteiger charge is -2.09. The first-order valence-electron chi connectivity index (χ1n) is 5.67. The van der Waals surface area contributed by atoms with Gasteiger partial charge in [-0.2, -0.15) is 0 Å². The summed E-state index contributed by atoms with van der Waals surface area (Å²) in [6, 6.07) is 4.12. The van der Waals surface area contributed by atoms with Gasteiger partial charge in [0.2, 0.25) is 0 Å². The van der Waals surface area contributed by atoms with Crippen LogP contribution < -0.4 is 5.59 Å². The molecule has 0 N–H and O–H groups in total. The van der Waals surface area contributed by atoms with Crippen molar-refractivity contribution in [2.24, 2.45) is 0 Å². The zero-order chi connectivity index (χ0) is 12.8. The summed E-state index contributed by atoms with van der Waals surface area (Å²) in [4.78, 5) is 4.60. The molecule has 86 valence electrons. The average molecular weight is 223 g/mol. The molecule has 17 heavy (non-hydrogen) atoms. The topological polar surface area (TPSA) is 12.9 Å². The molecule has 0 spiro atoms. The second-order valence-corrected chi connectivity index (χ2v) is 4.01. The third kappa shape index (κ3) is 3.32. The van der Waals surface area contributed by atoms with Gasteiger partial charge in [0.1, 0.15) is 0 Å². The van der Waals surface area contributed by atoms with Gasteiger partial charge in [0.05, 0.1) is 5.69 Å². The lowest BCUT2D eigenvalue weighted by molar-refractivity contribution is 1.25. The third-order valence-electron chi connectivity index (χ3n) is 2.62. The molecular weight excluding hydrogens is 205 g/mol. The Balaban J connectivity index is 3.42. The molecule has 0 saturated heterocycles. The summed E-state index contributed by atoms with van der Waals surface area (Å²) in [5.74, 6) is 0. The van der Waals surface area contributed by atoms with Crippen molar-refractivity contribution in [3.05, 3.63) is 66.4 Å². The Morgan fingerprint density at radius 3 is 2.65 bits per heavy atom. The Labute approximate surface area is 105 Å². The minimum absolute atomic E-state index is 1.01. The van der Waals surface area contributed by atoms with Crippen molar-refractivity contribution in [3.8, 4) is 0 Å². The molecule has 0 radical (unpaired) electrons. The van der Waals surface area contributed by atoms with Crippen molar-refractivity contribution in [2.45, 2.75) is 13.8 Å². The van der Waals surface area contributed by atoms with Gasteiger partial charge >= 0.3 is 0 Å². The Morgan fingerprint density at radius 2 is 2.06 bits per heavy atom. The molecule has 0 aliphatic carbocycles. The summed E-state index contributed by atoms with van der Waals surface area (Å²) in [7, 11) is 2.00. The highest BCUT2D eigenvalue weighted by molar-refractivity contribution is 6.30. The minimum atomic E-state index is 1.01. The zero-order valence-corrected chi connectivity index (χ0v) is 10.8. The van der Waals surface area contributed by atoms with E-state index in [0.29, 0.717) is 0 Å². The first-order valence-corrected chi connectivity index (χ1v) is 5.67. The van der Waals surface area contributed by atoms with Crippen LogP contribution in [0.2, 0.25) is 0 Å². The first kappa shape index (κ1) is 13.2. The fourth-order valence-electron chi connectivity index (χ4n) is 1.57. The van der Waals surface area contributed by atoms with E-state index >= 15 is 0 Å². The molecule has 0 unspecified atom stereocenters. The second-order valence-electron chi connectivity index (χ2n) is 4.01. The Morgan fingerprint density at radius 1 is 1.35 bits per heavy atom. The van der Waals surface area contributed by atoms with E-state index in [1.54, 1.807) is 6.08 Å². The Bertz CT molecular complexity index is 496. The maximum absolute atomic E-state index is 4.60. The zero-order valence-electron chi connectivity index (χ0n) is 10.8. The fourth-order valence-corrected chi connectivity index (χ4v) is 1.57. The summed E-state index contributed by atoms with van der Waals surface area (Å²) in [6.07, 6.45) is 7.57. The number of pyridine rings is 1. The van der Waals surface area contributed by atoms with Crippen molar-refractivity contribution in [2.75, 3.05) is 0 Å². The predicted molar refractivity (Wildman–Crippen MR) is 79.3 cm³/mol. The molecule has 1 nitrogen and oxygen atoms in total. The lowest BCUT2D eigenvalue weighted by Crippen LogP contribution is -2.11. The molecule has 1 heterocycles. The number of nitrogens with zero attached hydrogens (tertiary/aromatic N) is 1. The molecule has 1 rings (SSSR count). The van der Waals surface area contributed by atoms with Crippen LogP contribution in [0.3, 0.4) is 0 Å². The molecule has 2 heteroatoms. The van der Waals surface area contributed by atoms with Crippen molar-refractivity contribution in [3.63, 3.8) is 0 Å². The van der Waals surface area contributed by atoms with E-state index < -0.39 is 0 Å². The van der Waals surface area contributed by atoms with Crippen LogP contribution in [0.5, 0.6) is 0 Å². The minimum Gasteiger partial charge on any atom is -0.263 e. The predicted octanol–water partition coefficient (Wildman–Crippen LogP) is 2.35. The molecular formula is C15H18BN. The number of allylic oxidation sites excluding steroid dienone is 6. The molecule has 0 aliphatic heterocycles. The highest BCUT2D eigenvalue weighted by Gasteiger charge is 2.06. The SMILES string of the molecule is Bc1ccc(C)c(C(/C=C\C=C)=C(/C)C=C)n1. The van der Waals surface area contributed by atoms with Gasteiger partial charge in [0.25, 0.3) is 0 Å². The van der Waals surface area contributed by atoms with Crippen LogP contribution in [0.1, 0.15) is 18.2 Å². The van der Waals surface area contributed by atoms with E-state index in [0.717, 1.165) is 22.4 Å². The number of rotatable bonds is 4. The Kier molecular flexibility index (Phi) is 4.71. The third-order valence-corrected chi connectivity index (χ3v) is 2.62. The largest absolute Gasteiger partial charge is 0.263 e. The number of aryl methyl sites for hydroxylation is 1. The van der Waals surface area contributed by atoms with Gasteiger partial charge < -0.3 is 0 Å².